The van der Waals surface area contributed by atoms with Gasteiger partial charge >= 0.3 is 0 Å². The molecule has 6 heteroatoms. The van der Waals surface area contributed by atoms with Gasteiger partial charge in [0.25, 0.3) is 5.91 Å². The number of amides is 1. The van der Waals surface area contributed by atoms with Crippen LogP contribution in [0.25, 0.3) is 10.2 Å². The Labute approximate surface area is 157 Å². The lowest BCUT2D eigenvalue weighted by atomic mass is 10.2. The second-order valence-electron chi connectivity index (χ2n) is 6.61. The fraction of sp³-hybridized carbons (Fsp3) is 0.350. The van der Waals surface area contributed by atoms with Gasteiger partial charge in [-0.3, -0.25) is 4.79 Å². The number of nitrogens with zero attached hydrogens (tertiary/aromatic N) is 1. The van der Waals surface area contributed by atoms with E-state index in [1.54, 1.807) is 25.6 Å². The number of thiophene rings is 1. The molecule has 1 aromatic carbocycles. The van der Waals surface area contributed by atoms with E-state index in [1.807, 2.05) is 29.6 Å². The van der Waals surface area contributed by atoms with Gasteiger partial charge in [0, 0.05) is 19.2 Å². The van der Waals surface area contributed by atoms with E-state index in [4.69, 9.17) is 9.47 Å². The third-order valence-corrected chi connectivity index (χ3v) is 5.03. The third kappa shape index (κ3) is 3.85. The molecule has 0 saturated carbocycles. The van der Waals surface area contributed by atoms with Crippen molar-refractivity contribution in [3.63, 3.8) is 0 Å². The summed E-state index contributed by atoms with van der Waals surface area (Å²) in [7, 11) is 3.27. The van der Waals surface area contributed by atoms with Crippen LogP contribution in [0.1, 0.15) is 29.9 Å². The molecular weight excluding hydrogens is 348 g/mol. The Morgan fingerprint density at radius 3 is 2.46 bits per heavy atom. The van der Waals surface area contributed by atoms with Crippen LogP contribution in [0.3, 0.4) is 0 Å². The minimum Gasteiger partial charge on any atom is -0.497 e. The summed E-state index contributed by atoms with van der Waals surface area (Å²) in [6.45, 7) is 5.39. The van der Waals surface area contributed by atoms with Crippen LogP contribution in [0.15, 0.2) is 35.7 Å². The molecule has 2 heterocycles. The SMILES string of the molecule is COc1cc(Cn2c(C(=O)NCC(C)C)cc3sccc32)cc(OC)c1. The zero-order valence-corrected chi connectivity index (χ0v) is 16.4. The van der Waals surface area contributed by atoms with Gasteiger partial charge in [0.15, 0.2) is 0 Å². The van der Waals surface area contributed by atoms with Gasteiger partial charge in [0.1, 0.15) is 17.2 Å². The first-order valence-electron chi connectivity index (χ1n) is 8.58. The van der Waals surface area contributed by atoms with Crippen LogP contribution in [0, 0.1) is 5.92 Å². The lowest BCUT2D eigenvalue weighted by Crippen LogP contribution is -2.29. The summed E-state index contributed by atoms with van der Waals surface area (Å²) >= 11 is 1.64. The first-order valence-corrected chi connectivity index (χ1v) is 9.46. The van der Waals surface area contributed by atoms with Crippen molar-refractivity contribution in [3.8, 4) is 11.5 Å². The number of ether oxygens (including phenoxy) is 2. The van der Waals surface area contributed by atoms with Crippen molar-refractivity contribution in [2.45, 2.75) is 20.4 Å². The van der Waals surface area contributed by atoms with Crippen LogP contribution >= 0.6 is 11.3 Å². The Morgan fingerprint density at radius 2 is 1.85 bits per heavy atom. The van der Waals surface area contributed by atoms with E-state index in [0.29, 0.717) is 24.7 Å². The molecule has 138 valence electrons. The maximum Gasteiger partial charge on any atom is 0.267 e. The molecule has 3 aromatic rings. The fourth-order valence-corrected chi connectivity index (χ4v) is 3.69. The van der Waals surface area contributed by atoms with E-state index < -0.39 is 0 Å². The van der Waals surface area contributed by atoms with Crippen molar-refractivity contribution in [3.05, 3.63) is 47.0 Å². The Kier molecular flexibility index (Phi) is 5.52. The van der Waals surface area contributed by atoms with Gasteiger partial charge < -0.3 is 19.4 Å². The van der Waals surface area contributed by atoms with Crippen molar-refractivity contribution < 1.29 is 14.3 Å². The molecule has 0 atom stereocenters. The number of rotatable bonds is 7. The van der Waals surface area contributed by atoms with Gasteiger partial charge in [-0.2, -0.15) is 0 Å². The van der Waals surface area contributed by atoms with Crippen molar-refractivity contribution in [2.24, 2.45) is 5.92 Å². The monoisotopic (exact) mass is 372 g/mol. The highest BCUT2D eigenvalue weighted by Crippen LogP contribution is 2.28. The molecule has 0 saturated heterocycles. The van der Waals surface area contributed by atoms with Crippen molar-refractivity contribution in [1.29, 1.82) is 0 Å². The van der Waals surface area contributed by atoms with E-state index in [0.717, 1.165) is 27.3 Å². The summed E-state index contributed by atoms with van der Waals surface area (Å²) in [5.74, 6) is 1.83. The predicted molar refractivity (Wildman–Crippen MR) is 106 cm³/mol. The molecule has 1 N–H and O–H groups in total. The van der Waals surface area contributed by atoms with E-state index in [-0.39, 0.29) is 5.91 Å². The lowest BCUT2D eigenvalue weighted by Gasteiger charge is -2.13. The van der Waals surface area contributed by atoms with Gasteiger partial charge in [0.05, 0.1) is 24.4 Å². The molecule has 1 amide bonds. The Morgan fingerprint density at radius 1 is 1.15 bits per heavy atom. The number of methoxy groups -OCH3 is 2. The minimum atomic E-state index is -0.0445. The maximum atomic E-state index is 12.7. The van der Waals surface area contributed by atoms with E-state index in [1.165, 1.54) is 0 Å². The summed E-state index contributed by atoms with van der Waals surface area (Å²) in [6, 6.07) is 9.80. The summed E-state index contributed by atoms with van der Waals surface area (Å²) in [5.41, 5.74) is 2.75. The molecule has 0 aliphatic heterocycles. The molecule has 0 aliphatic rings. The average molecular weight is 372 g/mol. The summed E-state index contributed by atoms with van der Waals surface area (Å²) in [6.07, 6.45) is 0. The quantitative estimate of drug-likeness (QED) is 0.678. The number of hydrogen-bond acceptors (Lipinski definition) is 4. The Hall–Kier alpha value is -2.47. The molecule has 0 fully saturated rings. The summed E-state index contributed by atoms with van der Waals surface area (Å²) < 4.78 is 13.9. The highest BCUT2D eigenvalue weighted by Gasteiger charge is 2.17. The second kappa shape index (κ2) is 7.83. The molecule has 0 bridgehead atoms. The van der Waals surface area contributed by atoms with E-state index >= 15 is 0 Å². The highest BCUT2D eigenvalue weighted by molar-refractivity contribution is 7.17. The highest BCUT2D eigenvalue weighted by atomic mass is 32.1. The van der Waals surface area contributed by atoms with Gasteiger partial charge in [-0.1, -0.05) is 13.8 Å². The molecule has 26 heavy (non-hydrogen) atoms. The standard InChI is InChI=1S/C20H24N2O3S/c1-13(2)11-21-20(23)18-10-19-17(5-6-26-19)22(18)12-14-7-15(24-3)9-16(8-14)25-4/h5-10,13H,11-12H2,1-4H3,(H,21,23). The van der Waals surface area contributed by atoms with Gasteiger partial charge in [-0.15, -0.1) is 11.3 Å². The zero-order chi connectivity index (χ0) is 18.7. The van der Waals surface area contributed by atoms with Crippen LogP contribution in [-0.2, 0) is 6.54 Å². The molecule has 0 radical (unpaired) electrons. The van der Waals surface area contributed by atoms with Crippen molar-refractivity contribution in [1.82, 2.24) is 9.88 Å². The number of hydrogen-bond donors (Lipinski definition) is 1. The van der Waals surface area contributed by atoms with Crippen LogP contribution in [0.4, 0.5) is 0 Å². The van der Waals surface area contributed by atoms with Crippen LogP contribution in [-0.4, -0.2) is 31.2 Å². The van der Waals surface area contributed by atoms with Crippen molar-refractivity contribution >= 4 is 27.5 Å². The minimum absolute atomic E-state index is 0.0445. The molecular formula is C20H24N2O3S. The van der Waals surface area contributed by atoms with Crippen LogP contribution in [0.2, 0.25) is 0 Å². The van der Waals surface area contributed by atoms with Gasteiger partial charge in [0.2, 0.25) is 0 Å². The predicted octanol–water partition coefficient (Wildman–Crippen LogP) is 4.15. The molecule has 0 unspecified atom stereocenters. The average Bonchev–Trinajstić information content (AvgIpc) is 3.22. The number of carbonyl (C=O) groups excluding carboxylic acids is 1. The number of benzene rings is 1. The van der Waals surface area contributed by atoms with Gasteiger partial charge in [-0.05, 0) is 41.1 Å². The second-order valence-corrected chi connectivity index (χ2v) is 7.56. The topological polar surface area (TPSA) is 52.5 Å². The van der Waals surface area contributed by atoms with Crippen LogP contribution < -0.4 is 14.8 Å². The lowest BCUT2D eigenvalue weighted by molar-refractivity contribution is 0.0940. The third-order valence-electron chi connectivity index (χ3n) is 4.18. The maximum absolute atomic E-state index is 12.7. The normalized spacial score (nSPS) is 11.1. The number of aromatic nitrogens is 1. The molecule has 3 rings (SSSR count). The molecule has 0 spiro atoms. The smallest absolute Gasteiger partial charge is 0.267 e. The van der Waals surface area contributed by atoms with Gasteiger partial charge in [-0.25, -0.2) is 0 Å². The van der Waals surface area contributed by atoms with E-state index in [2.05, 4.69) is 29.8 Å². The molecule has 0 aliphatic carbocycles. The number of fused-ring (bicyclic) bond motifs is 1. The largest absolute Gasteiger partial charge is 0.497 e. The number of nitrogens with one attached hydrogen (secondary N) is 1. The van der Waals surface area contributed by atoms with Crippen LogP contribution in [0.5, 0.6) is 11.5 Å². The number of carbonyl (C=O) groups is 1. The first-order chi connectivity index (χ1) is 12.5. The molecule has 2 aromatic heterocycles. The Balaban J connectivity index is 1.97. The first kappa shape index (κ1) is 18.3. The van der Waals surface area contributed by atoms with E-state index in [9.17, 15) is 4.79 Å². The summed E-state index contributed by atoms with van der Waals surface area (Å²) in [5, 5.41) is 5.06. The van der Waals surface area contributed by atoms with Crippen molar-refractivity contribution in [2.75, 3.05) is 20.8 Å². The summed E-state index contributed by atoms with van der Waals surface area (Å²) in [4.78, 5) is 12.7. The zero-order valence-electron chi connectivity index (χ0n) is 15.5. The molecule has 5 nitrogen and oxygen atoms in total. The fourth-order valence-electron chi connectivity index (χ4n) is 2.86. The Bertz CT molecular complexity index is 889.